The third-order valence-corrected chi connectivity index (χ3v) is 3.19. The van der Waals surface area contributed by atoms with E-state index in [2.05, 4.69) is 0 Å². The number of carbonyl (C=O) groups excluding carboxylic acids is 2. The average molecular weight is 314 g/mol. The fourth-order valence-electron chi connectivity index (χ4n) is 2.19. The fourth-order valence-corrected chi connectivity index (χ4v) is 2.19. The molecule has 0 bridgehead atoms. The Bertz CT molecular complexity index is 666. The zero-order chi connectivity index (χ0) is 16.3. The zero-order valence-corrected chi connectivity index (χ0v) is 11.2. The molecule has 0 radical (unpaired) electrons. The van der Waals surface area contributed by atoms with Crippen molar-refractivity contribution in [3.8, 4) is 0 Å². The molecule has 4 atom stereocenters. The molecule has 0 aromatic carbocycles. The number of nitrogens with zero attached hydrogens (tertiary/aromatic N) is 1. The molecule has 22 heavy (non-hydrogen) atoms. The number of H-pyrrole nitrogens is 1. The van der Waals surface area contributed by atoms with Gasteiger partial charge in [0.15, 0.2) is 12.5 Å². The van der Waals surface area contributed by atoms with Gasteiger partial charge in [0.1, 0.15) is 31.2 Å². The molecule has 2 unspecified atom stereocenters. The summed E-state index contributed by atoms with van der Waals surface area (Å²) in [6.45, 7) is -0.409. The largest absolute Gasteiger partial charge is 0.387 e. The second-order valence-corrected chi connectivity index (χ2v) is 4.60. The van der Waals surface area contributed by atoms with Gasteiger partial charge >= 0.3 is 5.69 Å². The van der Waals surface area contributed by atoms with E-state index < -0.39 is 35.8 Å². The van der Waals surface area contributed by atoms with Crippen LogP contribution in [0, 0.1) is 0 Å². The fraction of sp³-hybridized carbons (Fsp3) is 0.500. The van der Waals surface area contributed by atoms with Gasteiger partial charge in [-0.25, -0.2) is 4.79 Å². The van der Waals surface area contributed by atoms with Gasteiger partial charge in [-0.15, -0.1) is 0 Å². The van der Waals surface area contributed by atoms with Crippen molar-refractivity contribution in [3.63, 3.8) is 0 Å². The quantitative estimate of drug-likeness (QED) is 0.376. The van der Waals surface area contributed by atoms with Crippen molar-refractivity contribution < 1.29 is 29.3 Å². The van der Waals surface area contributed by atoms with Crippen LogP contribution in [0.15, 0.2) is 15.7 Å². The lowest BCUT2D eigenvalue weighted by Gasteiger charge is -2.18. The Hall–Kier alpha value is -2.14. The summed E-state index contributed by atoms with van der Waals surface area (Å²) in [4.78, 5) is 46.1. The third-order valence-electron chi connectivity index (χ3n) is 3.19. The molecule has 0 saturated carbocycles. The van der Waals surface area contributed by atoms with Crippen molar-refractivity contribution >= 4 is 12.6 Å². The summed E-state index contributed by atoms with van der Waals surface area (Å²) < 4.78 is 11.0. The Morgan fingerprint density at radius 2 is 2.05 bits per heavy atom. The van der Waals surface area contributed by atoms with Crippen molar-refractivity contribution in [3.05, 3.63) is 32.6 Å². The molecule has 1 aliphatic heterocycles. The number of carbonyl (C=O) groups is 2. The van der Waals surface area contributed by atoms with Crippen LogP contribution in [0.25, 0.3) is 0 Å². The standard InChI is InChI=1S/C12H14N2O8/c15-1-2-21-5-7-9(18)10(19)11(22-7)14-6(4-16)3-8(17)13-12(14)20/h1,3-4,7,9-11,18-19H,2,5H2,(H,13,17,20)/t7-,9?,10?,11-/m0/s1. The number of aliphatic hydroxyl groups excluding tert-OH is 2. The van der Waals surface area contributed by atoms with Gasteiger partial charge < -0.3 is 24.5 Å². The first-order valence-electron chi connectivity index (χ1n) is 6.33. The van der Waals surface area contributed by atoms with E-state index >= 15 is 0 Å². The van der Waals surface area contributed by atoms with E-state index in [1.807, 2.05) is 4.98 Å². The number of hydrogen-bond acceptors (Lipinski definition) is 8. The van der Waals surface area contributed by atoms with E-state index in [0.29, 0.717) is 6.29 Å². The monoisotopic (exact) mass is 314 g/mol. The molecule has 1 aromatic heterocycles. The smallest absolute Gasteiger partial charge is 0.331 e. The van der Waals surface area contributed by atoms with Gasteiger partial charge in [-0.05, 0) is 0 Å². The summed E-state index contributed by atoms with van der Waals surface area (Å²) in [5, 5.41) is 19.9. The van der Waals surface area contributed by atoms with E-state index in [0.717, 1.165) is 10.6 Å². The van der Waals surface area contributed by atoms with Crippen molar-refractivity contribution in [2.75, 3.05) is 13.2 Å². The second kappa shape index (κ2) is 6.75. The van der Waals surface area contributed by atoms with Crippen LogP contribution < -0.4 is 11.2 Å². The molecule has 10 nitrogen and oxygen atoms in total. The van der Waals surface area contributed by atoms with Crippen LogP contribution in [0.5, 0.6) is 0 Å². The Balaban J connectivity index is 2.30. The van der Waals surface area contributed by atoms with E-state index in [1.54, 1.807) is 0 Å². The maximum atomic E-state index is 11.8. The summed E-state index contributed by atoms with van der Waals surface area (Å²) in [6, 6.07) is 0.868. The molecule has 2 heterocycles. The van der Waals surface area contributed by atoms with Crippen LogP contribution in [0.2, 0.25) is 0 Å². The number of aromatic nitrogens is 2. The maximum Gasteiger partial charge on any atom is 0.331 e. The predicted molar refractivity (Wildman–Crippen MR) is 69.5 cm³/mol. The number of aromatic amines is 1. The average Bonchev–Trinajstić information content (AvgIpc) is 2.75. The summed E-state index contributed by atoms with van der Waals surface area (Å²) >= 11 is 0. The lowest BCUT2D eigenvalue weighted by atomic mass is 10.1. The van der Waals surface area contributed by atoms with Crippen LogP contribution in [0.1, 0.15) is 16.7 Å². The SMILES string of the molecule is O=CCOC[C@@H]1O[C@H](n2c(C=O)cc(=O)[nH]c2=O)C(O)C1O. The molecule has 2 rings (SSSR count). The Morgan fingerprint density at radius 3 is 2.68 bits per heavy atom. The summed E-state index contributed by atoms with van der Waals surface area (Å²) in [5.74, 6) is 0. The summed E-state index contributed by atoms with van der Waals surface area (Å²) in [6.07, 6.45) is -4.52. The highest BCUT2D eigenvalue weighted by atomic mass is 16.6. The minimum absolute atomic E-state index is 0.192. The molecule has 120 valence electrons. The van der Waals surface area contributed by atoms with Gasteiger partial charge in [0.05, 0.1) is 12.3 Å². The van der Waals surface area contributed by atoms with Crippen molar-refractivity contribution in [2.45, 2.75) is 24.5 Å². The Kier molecular flexibility index (Phi) is 4.98. The number of aliphatic hydroxyl groups is 2. The molecular weight excluding hydrogens is 300 g/mol. The van der Waals surface area contributed by atoms with E-state index in [4.69, 9.17) is 9.47 Å². The molecule has 10 heteroatoms. The molecular formula is C12H14N2O8. The highest BCUT2D eigenvalue weighted by Crippen LogP contribution is 2.29. The van der Waals surface area contributed by atoms with E-state index in [-0.39, 0.29) is 25.2 Å². The normalized spacial score (nSPS) is 27.7. The van der Waals surface area contributed by atoms with Gasteiger partial charge in [-0.2, -0.15) is 0 Å². The molecule has 1 aliphatic rings. The lowest BCUT2D eigenvalue weighted by Crippen LogP contribution is -2.39. The van der Waals surface area contributed by atoms with Crippen LogP contribution in [-0.2, 0) is 14.3 Å². The number of aldehydes is 2. The topological polar surface area (TPSA) is 148 Å². The van der Waals surface area contributed by atoms with Gasteiger partial charge in [0.25, 0.3) is 5.56 Å². The Morgan fingerprint density at radius 1 is 1.32 bits per heavy atom. The van der Waals surface area contributed by atoms with Crippen LogP contribution in [0.4, 0.5) is 0 Å². The second-order valence-electron chi connectivity index (χ2n) is 4.60. The highest BCUT2D eigenvalue weighted by molar-refractivity contribution is 5.71. The Labute approximate surface area is 122 Å². The van der Waals surface area contributed by atoms with Crippen molar-refractivity contribution in [2.24, 2.45) is 0 Å². The van der Waals surface area contributed by atoms with Crippen LogP contribution in [-0.4, -0.2) is 63.9 Å². The summed E-state index contributed by atoms with van der Waals surface area (Å²) in [7, 11) is 0. The number of nitrogens with one attached hydrogen (secondary N) is 1. The molecule has 1 saturated heterocycles. The van der Waals surface area contributed by atoms with E-state index in [9.17, 15) is 29.4 Å². The lowest BCUT2D eigenvalue weighted by molar-refractivity contribution is -0.115. The molecule has 0 amide bonds. The summed E-state index contributed by atoms with van der Waals surface area (Å²) in [5.41, 5.74) is -2.04. The first-order chi connectivity index (χ1) is 10.5. The maximum absolute atomic E-state index is 11.8. The van der Waals surface area contributed by atoms with Gasteiger partial charge in [0.2, 0.25) is 0 Å². The minimum Gasteiger partial charge on any atom is -0.387 e. The van der Waals surface area contributed by atoms with Gasteiger partial charge in [-0.1, -0.05) is 0 Å². The van der Waals surface area contributed by atoms with Crippen molar-refractivity contribution in [1.29, 1.82) is 0 Å². The van der Waals surface area contributed by atoms with E-state index in [1.165, 1.54) is 0 Å². The number of hydrogen-bond donors (Lipinski definition) is 3. The minimum atomic E-state index is -1.52. The zero-order valence-electron chi connectivity index (χ0n) is 11.2. The van der Waals surface area contributed by atoms with Gasteiger partial charge in [-0.3, -0.25) is 19.1 Å². The third kappa shape index (κ3) is 3.04. The molecule has 0 aliphatic carbocycles. The highest BCUT2D eigenvalue weighted by Gasteiger charge is 2.44. The first-order valence-corrected chi connectivity index (χ1v) is 6.33. The van der Waals surface area contributed by atoms with Gasteiger partial charge in [0, 0.05) is 6.07 Å². The van der Waals surface area contributed by atoms with Crippen LogP contribution in [0.3, 0.4) is 0 Å². The first kappa shape index (κ1) is 16.2. The predicted octanol–water partition coefficient (Wildman–Crippen LogP) is -2.82. The number of rotatable bonds is 6. The molecule has 3 N–H and O–H groups in total. The molecule has 1 fully saturated rings. The molecule has 0 spiro atoms. The number of ether oxygens (including phenoxy) is 2. The van der Waals surface area contributed by atoms with Crippen molar-refractivity contribution in [1.82, 2.24) is 9.55 Å². The molecule has 1 aromatic rings. The van der Waals surface area contributed by atoms with Crippen LogP contribution >= 0.6 is 0 Å².